The van der Waals surface area contributed by atoms with E-state index in [1.165, 1.54) is 0 Å². The molecule has 0 aliphatic rings. The summed E-state index contributed by atoms with van der Waals surface area (Å²) in [5.74, 6) is -0.321. The Morgan fingerprint density at radius 3 is 2.06 bits per heavy atom. The minimum Gasteiger partial charge on any atom is -0.375 e. The molecule has 92 valence electrons. The number of carbonyl (C=O) groups is 1. The Hall–Kier alpha value is 0.425. The van der Waals surface area contributed by atoms with E-state index in [-0.39, 0.29) is 20.7 Å². The Morgan fingerprint density at radius 1 is 1.31 bits per heavy atom. The zero-order chi connectivity index (χ0) is 13.1. The first-order valence-corrected chi connectivity index (χ1v) is 6.64. The van der Waals surface area contributed by atoms with Crippen molar-refractivity contribution in [3.8, 4) is 0 Å². The first-order chi connectivity index (χ1) is 6.97. The molecule has 0 N–H and O–H groups in total. The number of halogens is 1. The van der Waals surface area contributed by atoms with Gasteiger partial charge in [-0.2, -0.15) is 0 Å². The van der Waals surface area contributed by atoms with Crippen LogP contribution >= 0.6 is 22.6 Å². The van der Waals surface area contributed by atoms with Crippen LogP contribution in [0.2, 0.25) is 5.82 Å². The van der Waals surface area contributed by atoms with E-state index >= 15 is 0 Å². The Morgan fingerprint density at radius 2 is 1.75 bits per heavy atom. The molecule has 0 aromatic rings. The van der Waals surface area contributed by atoms with Crippen molar-refractivity contribution in [3.05, 3.63) is 0 Å². The Labute approximate surface area is 114 Å². The topological polar surface area (TPSA) is 26.3 Å². The Kier molecular flexibility index (Phi) is 6.00. The first-order valence-electron chi connectivity index (χ1n) is 5.56. The van der Waals surface area contributed by atoms with Crippen LogP contribution in [-0.4, -0.2) is 23.8 Å². The third-order valence-corrected chi connectivity index (χ3v) is 3.63. The Balaban J connectivity index is 4.48. The van der Waals surface area contributed by atoms with E-state index in [0.717, 1.165) is 0 Å². The molecule has 2 unspecified atom stereocenters. The minimum absolute atomic E-state index is 0.00827. The van der Waals surface area contributed by atoms with Gasteiger partial charge in [-0.1, -0.05) is 20.8 Å². The van der Waals surface area contributed by atoms with Crippen LogP contribution in [0, 0.1) is 11.3 Å². The molecule has 0 saturated heterocycles. The molecule has 0 saturated carbocycles. The van der Waals surface area contributed by atoms with Crippen LogP contribution in [0.15, 0.2) is 0 Å². The summed E-state index contributed by atoms with van der Waals surface area (Å²) >= 11 is 1.76. The largest absolute Gasteiger partial charge is 0.375 e. The van der Waals surface area contributed by atoms with Crippen LogP contribution < -0.4 is 0 Å². The summed E-state index contributed by atoms with van der Waals surface area (Å²) in [6.07, 6.45) is 0. The van der Waals surface area contributed by atoms with Crippen molar-refractivity contribution in [1.82, 2.24) is 0 Å². The zero-order valence-electron chi connectivity index (χ0n) is 11.1. The third kappa shape index (κ3) is 5.66. The SMILES string of the molecule is [B]C(C(=O)I)C(C)C(C)(C)COC(C)(C)C. The minimum atomic E-state index is -0.417. The molecule has 0 rings (SSSR count). The molecular weight excluding hydrogens is 314 g/mol. The van der Waals surface area contributed by atoms with E-state index < -0.39 is 5.82 Å². The Bertz CT molecular complexity index is 246. The summed E-state index contributed by atoms with van der Waals surface area (Å²) in [6, 6.07) is 0. The predicted molar refractivity (Wildman–Crippen MR) is 77.2 cm³/mol. The van der Waals surface area contributed by atoms with Gasteiger partial charge in [-0.05, 0) is 60.5 Å². The highest BCUT2D eigenvalue weighted by Gasteiger charge is 2.33. The van der Waals surface area contributed by atoms with E-state index in [1.807, 2.05) is 27.7 Å². The highest BCUT2D eigenvalue weighted by atomic mass is 127. The molecule has 0 bridgehead atoms. The summed E-state index contributed by atoms with van der Waals surface area (Å²) in [6.45, 7) is 12.9. The zero-order valence-corrected chi connectivity index (χ0v) is 13.3. The van der Waals surface area contributed by atoms with Crippen LogP contribution in [0.3, 0.4) is 0 Å². The average Bonchev–Trinajstić information content (AvgIpc) is 2.11. The molecule has 2 nitrogen and oxygen atoms in total. The molecule has 0 aliphatic carbocycles. The summed E-state index contributed by atoms with van der Waals surface area (Å²) in [5.41, 5.74) is -0.261. The molecule has 0 aromatic heterocycles. The van der Waals surface area contributed by atoms with Gasteiger partial charge in [0.1, 0.15) is 0 Å². The van der Waals surface area contributed by atoms with Crippen LogP contribution in [0.4, 0.5) is 0 Å². The van der Waals surface area contributed by atoms with E-state index in [9.17, 15) is 4.79 Å². The molecular formula is C12H22BIO2. The molecule has 0 spiro atoms. The predicted octanol–water partition coefficient (Wildman–Crippen LogP) is 3.38. The van der Waals surface area contributed by atoms with Gasteiger partial charge < -0.3 is 4.74 Å². The van der Waals surface area contributed by atoms with Gasteiger partial charge in [0.05, 0.1) is 20.1 Å². The highest BCUT2D eigenvalue weighted by Crippen LogP contribution is 2.36. The molecule has 4 heteroatoms. The molecule has 0 aliphatic heterocycles. The molecule has 16 heavy (non-hydrogen) atoms. The van der Waals surface area contributed by atoms with Crippen molar-refractivity contribution in [2.45, 2.75) is 53.0 Å². The second kappa shape index (κ2) is 5.85. The van der Waals surface area contributed by atoms with E-state index in [0.29, 0.717) is 6.61 Å². The van der Waals surface area contributed by atoms with Crippen LogP contribution in [0.5, 0.6) is 0 Å². The van der Waals surface area contributed by atoms with Crippen molar-refractivity contribution in [2.75, 3.05) is 6.61 Å². The lowest BCUT2D eigenvalue weighted by molar-refractivity contribution is -0.112. The fraction of sp³-hybridized carbons (Fsp3) is 0.917. The van der Waals surface area contributed by atoms with Crippen molar-refractivity contribution in [3.63, 3.8) is 0 Å². The molecule has 2 radical (unpaired) electrons. The van der Waals surface area contributed by atoms with Gasteiger partial charge >= 0.3 is 0 Å². The maximum atomic E-state index is 11.3. The van der Waals surface area contributed by atoms with Gasteiger partial charge in [-0.25, -0.2) is 0 Å². The van der Waals surface area contributed by atoms with Crippen molar-refractivity contribution >= 4 is 34.2 Å². The summed E-state index contributed by atoms with van der Waals surface area (Å²) < 4.78 is 5.78. The first kappa shape index (κ1) is 16.4. The van der Waals surface area contributed by atoms with Crippen molar-refractivity contribution < 1.29 is 9.53 Å². The van der Waals surface area contributed by atoms with Crippen LogP contribution in [0.1, 0.15) is 41.5 Å². The van der Waals surface area contributed by atoms with Gasteiger partial charge in [0.2, 0.25) is 0 Å². The van der Waals surface area contributed by atoms with Gasteiger partial charge in [0.15, 0.2) is 3.79 Å². The molecule has 0 fully saturated rings. The fourth-order valence-electron chi connectivity index (χ4n) is 1.22. The van der Waals surface area contributed by atoms with Gasteiger partial charge in [0.25, 0.3) is 0 Å². The van der Waals surface area contributed by atoms with Gasteiger partial charge in [-0.3, -0.25) is 4.79 Å². The average molecular weight is 336 g/mol. The quantitative estimate of drug-likeness (QED) is 0.437. The second-order valence-electron chi connectivity index (χ2n) is 6.01. The smallest absolute Gasteiger partial charge is 0.187 e. The lowest BCUT2D eigenvalue weighted by Gasteiger charge is -2.37. The van der Waals surface area contributed by atoms with E-state index in [1.54, 1.807) is 22.6 Å². The second-order valence-corrected chi connectivity index (χ2v) is 7.07. The third-order valence-electron chi connectivity index (χ3n) is 2.91. The lowest BCUT2D eigenvalue weighted by atomic mass is 9.66. The number of ether oxygens (including phenoxy) is 1. The number of hydrogen-bond donors (Lipinski definition) is 0. The maximum absolute atomic E-state index is 11.3. The molecule has 2 atom stereocenters. The molecule has 0 amide bonds. The number of carbonyl (C=O) groups excluding carboxylic acids is 1. The monoisotopic (exact) mass is 336 g/mol. The summed E-state index contributed by atoms with van der Waals surface area (Å²) in [5, 5.41) is 0. The standard InChI is InChI=1S/C12H22BIO2/c1-8(9(13)10(14)15)12(5,6)7-16-11(2,3)4/h8-9H,7H2,1-6H3. The van der Waals surface area contributed by atoms with Gasteiger partial charge in [0, 0.05) is 0 Å². The maximum Gasteiger partial charge on any atom is 0.187 e. The van der Waals surface area contributed by atoms with Crippen molar-refractivity contribution in [1.29, 1.82) is 0 Å². The van der Waals surface area contributed by atoms with Crippen LogP contribution in [-0.2, 0) is 9.53 Å². The highest BCUT2D eigenvalue weighted by molar-refractivity contribution is 14.1. The normalized spacial score (nSPS) is 16.9. The van der Waals surface area contributed by atoms with Crippen molar-refractivity contribution in [2.24, 2.45) is 11.3 Å². The summed E-state index contributed by atoms with van der Waals surface area (Å²) in [7, 11) is 5.87. The fourth-order valence-corrected chi connectivity index (χ4v) is 1.76. The van der Waals surface area contributed by atoms with E-state index in [2.05, 4.69) is 13.8 Å². The number of hydrogen-bond acceptors (Lipinski definition) is 2. The summed E-state index contributed by atoms with van der Waals surface area (Å²) in [4.78, 5) is 11.3. The van der Waals surface area contributed by atoms with E-state index in [4.69, 9.17) is 12.6 Å². The van der Waals surface area contributed by atoms with Gasteiger partial charge in [-0.15, -0.1) is 0 Å². The van der Waals surface area contributed by atoms with Crippen LogP contribution in [0.25, 0.3) is 0 Å². The number of rotatable bonds is 5. The molecule has 0 aromatic carbocycles. The molecule has 0 heterocycles. The lowest BCUT2D eigenvalue weighted by Crippen LogP contribution is -2.35.